The van der Waals surface area contributed by atoms with Gasteiger partial charge >= 0.3 is 0 Å². The van der Waals surface area contributed by atoms with E-state index in [2.05, 4.69) is 0 Å². The van der Waals surface area contributed by atoms with Crippen LogP contribution in [-0.2, 0) is 23.7 Å². The smallest absolute Gasteiger partial charge is 0.190 e. The maximum absolute atomic E-state index is 10.1. The molecule has 3 heterocycles. The Labute approximate surface area is 148 Å². The first kappa shape index (κ1) is 16.2. The largest absolute Gasteiger partial charge is 0.380 e. The summed E-state index contributed by atoms with van der Waals surface area (Å²) in [5, 5.41) is 10.1. The molecule has 0 bridgehead atoms. The van der Waals surface area contributed by atoms with E-state index in [1.807, 2.05) is 66.8 Å². The molecule has 2 unspecified atom stereocenters. The van der Waals surface area contributed by atoms with E-state index in [1.54, 1.807) is 0 Å². The van der Waals surface area contributed by atoms with Crippen molar-refractivity contribution in [3.63, 3.8) is 0 Å². The average molecular weight is 434 g/mol. The van der Waals surface area contributed by atoms with E-state index < -0.39 is 34.7 Å². The van der Waals surface area contributed by atoms with Crippen LogP contribution in [0.4, 0.5) is 0 Å². The van der Waals surface area contributed by atoms with Gasteiger partial charge in [-0.1, -0.05) is 30.3 Å². The van der Waals surface area contributed by atoms with Crippen LogP contribution in [0.5, 0.6) is 0 Å². The molecule has 0 aromatic heterocycles. The van der Waals surface area contributed by atoms with Crippen LogP contribution in [0.1, 0.15) is 25.7 Å². The Morgan fingerprint density at radius 3 is 2.43 bits per heavy atom. The molecule has 3 fully saturated rings. The normalized spacial score (nSPS) is 43.0. The molecule has 3 saturated heterocycles. The van der Waals surface area contributed by atoms with Gasteiger partial charge in [-0.2, -0.15) is 0 Å². The molecule has 7 atom stereocenters. The third-order valence-electron chi connectivity index (χ3n) is 4.26. The predicted octanol–water partition coefficient (Wildman–Crippen LogP) is 2.10. The van der Waals surface area contributed by atoms with Gasteiger partial charge in [0.1, 0.15) is 28.5 Å². The van der Waals surface area contributed by atoms with E-state index in [1.165, 1.54) is 0 Å². The molecule has 0 saturated carbocycles. The Hall–Kier alpha value is -0.290. The van der Waals surface area contributed by atoms with Crippen molar-refractivity contribution < 1.29 is 28.8 Å². The Kier molecular flexibility index (Phi) is 4.16. The van der Waals surface area contributed by atoms with E-state index in [4.69, 9.17) is 23.7 Å². The molecular formula is C16H19IO6. The minimum absolute atomic E-state index is 0.331. The number of aliphatic hydroxyl groups is 1. The first-order valence-corrected chi connectivity index (χ1v) is 8.88. The number of hydrogen-bond donors (Lipinski definition) is 1. The second-order valence-electron chi connectivity index (χ2n) is 6.39. The van der Waals surface area contributed by atoms with Gasteiger partial charge in [-0.3, -0.25) is 0 Å². The van der Waals surface area contributed by atoms with E-state index in [0.29, 0.717) is 0 Å². The minimum Gasteiger partial charge on any atom is -0.380 e. The summed E-state index contributed by atoms with van der Waals surface area (Å²) >= 11 is 1.93. The predicted molar refractivity (Wildman–Crippen MR) is 87.7 cm³/mol. The van der Waals surface area contributed by atoms with Crippen LogP contribution in [0.2, 0.25) is 0 Å². The molecule has 1 aromatic rings. The maximum Gasteiger partial charge on any atom is 0.190 e. The first-order valence-electron chi connectivity index (χ1n) is 7.64. The van der Waals surface area contributed by atoms with Gasteiger partial charge in [0.05, 0.1) is 0 Å². The SMILES string of the molecule is CC1(C)O[C@H]2O[C@H]3[C@H](OC(c4ccccc4)O[C@@H]3C(O)I)[C@H]2O1. The highest BCUT2D eigenvalue weighted by molar-refractivity contribution is 14.1. The highest BCUT2D eigenvalue weighted by Gasteiger charge is 2.60. The van der Waals surface area contributed by atoms with Crippen LogP contribution < -0.4 is 0 Å². The fourth-order valence-corrected chi connectivity index (χ4v) is 3.89. The summed E-state index contributed by atoms with van der Waals surface area (Å²) in [5.74, 6) is -0.706. The van der Waals surface area contributed by atoms with Gasteiger partial charge in [-0.05, 0) is 36.4 Å². The number of rotatable bonds is 2. The van der Waals surface area contributed by atoms with Crippen LogP contribution in [0.3, 0.4) is 0 Å². The van der Waals surface area contributed by atoms with Gasteiger partial charge in [0.25, 0.3) is 0 Å². The summed E-state index contributed by atoms with van der Waals surface area (Å²) in [5.41, 5.74) is 0.898. The van der Waals surface area contributed by atoms with Gasteiger partial charge in [0.15, 0.2) is 18.4 Å². The fourth-order valence-electron chi connectivity index (χ4n) is 3.31. The summed E-state index contributed by atoms with van der Waals surface area (Å²) in [6.45, 7) is 3.70. The number of halogens is 1. The molecule has 0 aliphatic carbocycles. The van der Waals surface area contributed by atoms with Crippen molar-refractivity contribution in [2.75, 3.05) is 0 Å². The zero-order chi connectivity index (χ0) is 16.2. The van der Waals surface area contributed by atoms with Crippen LogP contribution in [0.15, 0.2) is 30.3 Å². The van der Waals surface area contributed by atoms with Crippen molar-refractivity contribution in [2.45, 2.75) is 60.7 Å². The third-order valence-corrected chi connectivity index (χ3v) is 4.96. The Balaban J connectivity index is 1.61. The van der Waals surface area contributed by atoms with Crippen molar-refractivity contribution in [3.05, 3.63) is 35.9 Å². The highest BCUT2D eigenvalue weighted by Crippen LogP contribution is 2.45. The molecule has 126 valence electrons. The fraction of sp³-hybridized carbons (Fsp3) is 0.625. The summed E-state index contributed by atoms with van der Waals surface area (Å²) in [4.78, 5) is 0. The quantitative estimate of drug-likeness (QED) is 0.569. The molecule has 0 radical (unpaired) electrons. The van der Waals surface area contributed by atoms with Gasteiger partial charge in [0, 0.05) is 5.56 Å². The third kappa shape index (κ3) is 2.92. The van der Waals surface area contributed by atoms with Crippen molar-refractivity contribution in [2.24, 2.45) is 0 Å². The summed E-state index contributed by atoms with van der Waals surface area (Å²) in [6.07, 6.45) is -2.69. The highest BCUT2D eigenvalue weighted by atomic mass is 127. The van der Waals surface area contributed by atoms with Crippen molar-refractivity contribution in [1.29, 1.82) is 0 Å². The van der Waals surface area contributed by atoms with Gasteiger partial charge in [-0.15, -0.1) is 0 Å². The first-order chi connectivity index (χ1) is 10.9. The molecule has 0 amide bonds. The lowest BCUT2D eigenvalue weighted by atomic mass is 10.0. The van der Waals surface area contributed by atoms with Crippen LogP contribution in [0.25, 0.3) is 0 Å². The van der Waals surface area contributed by atoms with E-state index in [0.717, 1.165) is 5.56 Å². The maximum atomic E-state index is 10.1. The molecule has 0 spiro atoms. The Morgan fingerprint density at radius 1 is 1.00 bits per heavy atom. The molecule has 23 heavy (non-hydrogen) atoms. The number of ether oxygens (including phenoxy) is 5. The van der Waals surface area contributed by atoms with E-state index >= 15 is 0 Å². The summed E-state index contributed by atoms with van der Waals surface area (Å²) in [6, 6.07) is 9.66. The number of alkyl halides is 1. The van der Waals surface area contributed by atoms with Crippen molar-refractivity contribution in [3.8, 4) is 0 Å². The topological polar surface area (TPSA) is 66.4 Å². The lowest BCUT2D eigenvalue weighted by molar-refractivity contribution is -0.315. The van der Waals surface area contributed by atoms with Gasteiger partial charge in [-0.25, -0.2) is 0 Å². The molecule has 7 heteroatoms. The summed E-state index contributed by atoms with van der Waals surface area (Å²) < 4.78 is 29.0. The molecule has 6 nitrogen and oxygen atoms in total. The summed E-state index contributed by atoms with van der Waals surface area (Å²) in [7, 11) is 0. The van der Waals surface area contributed by atoms with Crippen LogP contribution >= 0.6 is 22.6 Å². The van der Waals surface area contributed by atoms with Crippen molar-refractivity contribution in [1.82, 2.24) is 0 Å². The molecule has 4 rings (SSSR count). The van der Waals surface area contributed by atoms with E-state index in [9.17, 15) is 5.11 Å². The lowest BCUT2D eigenvalue weighted by Gasteiger charge is -2.40. The second-order valence-corrected chi connectivity index (χ2v) is 7.66. The molecule has 1 aromatic carbocycles. The minimum atomic E-state index is -0.720. The zero-order valence-electron chi connectivity index (χ0n) is 12.8. The molecule has 3 aliphatic heterocycles. The van der Waals surface area contributed by atoms with Crippen molar-refractivity contribution >= 4 is 22.6 Å². The van der Waals surface area contributed by atoms with Crippen LogP contribution in [-0.4, -0.2) is 45.7 Å². The van der Waals surface area contributed by atoms with Gasteiger partial charge in [0.2, 0.25) is 0 Å². The average Bonchev–Trinajstić information content (AvgIpc) is 2.99. The Morgan fingerprint density at radius 2 is 1.74 bits per heavy atom. The monoisotopic (exact) mass is 434 g/mol. The zero-order valence-corrected chi connectivity index (χ0v) is 15.0. The molecule has 1 N–H and O–H groups in total. The Bertz CT molecular complexity index is 565. The number of benzene rings is 1. The number of aliphatic hydroxyl groups excluding tert-OH is 1. The van der Waals surface area contributed by atoms with Crippen LogP contribution in [0, 0.1) is 0 Å². The van der Waals surface area contributed by atoms with Gasteiger partial charge < -0.3 is 28.8 Å². The second kappa shape index (κ2) is 5.91. The number of hydrogen-bond acceptors (Lipinski definition) is 6. The van der Waals surface area contributed by atoms with E-state index in [-0.39, 0.29) is 12.2 Å². The standard InChI is InChI=1S/C16H19IO6/c1-16(2)22-12-10-9(20-15(12)23-16)11(13(17)18)21-14(19-10)8-6-4-3-5-7-8/h3-7,9-15,18H,1-2H3/t9-,10-,11-,12+,13?,14?,15+/m0/s1. The lowest BCUT2D eigenvalue weighted by Crippen LogP contribution is -2.52. The molecule has 3 aliphatic rings. The molecular weight excluding hydrogens is 415 g/mol. The number of fused-ring (bicyclic) bond motifs is 3.